The molecule has 1 N–H and O–H groups in total. The molecule has 110 valence electrons. The minimum absolute atomic E-state index is 0.174. The molecule has 0 atom stereocenters. The molecule has 8 nitrogen and oxygen atoms in total. The highest BCUT2D eigenvalue weighted by molar-refractivity contribution is 5.70. The third kappa shape index (κ3) is 3.41. The second-order valence-corrected chi connectivity index (χ2v) is 4.22. The van der Waals surface area contributed by atoms with E-state index >= 15 is 0 Å². The zero-order chi connectivity index (χ0) is 15.2. The quantitative estimate of drug-likeness (QED) is 0.642. The maximum Gasteiger partial charge on any atom is 0.313 e. The first kappa shape index (κ1) is 14.6. The van der Waals surface area contributed by atoms with Crippen LogP contribution in [0, 0.1) is 10.1 Å². The lowest BCUT2D eigenvalue weighted by Crippen LogP contribution is -2.06. The van der Waals surface area contributed by atoms with Crippen LogP contribution in [0.1, 0.15) is 13.3 Å². The molecule has 0 spiro atoms. The normalized spacial score (nSPS) is 10.2. The average molecular weight is 289 g/mol. The van der Waals surface area contributed by atoms with Crippen LogP contribution in [0.3, 0.4) is 0 Å². The number of hydrogen-bond donors (Lipinski definition) is 1. The average Bonchev–Trinajstić information content (AvgIpc) is 2.52. The summed E-state index contributed by atoms with van der Waals surface area (Å²) in [5.41, 5.74) is 0.537. The summed E-state index contributed by atoms with van der Waals surface area (Å²) in [6, 6.07) is 1.64. The fourth-order valence-electron chi connectivity index (χ4n) is 1.70. The molecule has 2 heterocycles. The highest BCUT2D eigenvalue weighted by Crippen LogP contribution is 2.29. The van der Waals surface area contributed by atoms with E-state index in [4.69, 9.17) is 4.74 Å². The molecule has 0 unspecified atom stereocenters. The Labute approximate surface area is 121 Å². The van der Waals surface area contributed by atoms with Gasteiger partial charge in [0.2, 0.25) is 5.95 Å². The van der Waals surface area contributed by atoms with Crippen LogP contribution in [0.5, 0.6) is 5.75 Å². The number of hydrogen-bond acceptors (Lipinski definition) is 7. The standard InChI is InChI=1S/C13H15N5O3/c1-3-4-15-13-16-8-11(18(19)20)12(17-13)9-5-10(21-2)7-14-6-9/h5-8H,3-4H2,1-2H3,(H,15,16,17). The van der Waals surface area contributed by atoms with Crippen molar-refractivity contribution in [2.24, 2.45) is 0 Å². The third-order valence-corrected chi connectivity index (χ3v) is 2.72. The summed E-state index contributed by atoms with van der Waals surface area (Å²) in [6.07, 6.45) is 5.12. The summed E-state index contributed by atoms with van der Waals surface area (Å²) in [5, 5.41) is 14.1. The number of nitrogens with zero attached hydrogens (tertiary/aromatic N) is 4. The second-order valence-electron chi connectivity index (χ2n) is 4.22. The smallest absolute Gasteiger partial charge is 0.313 e. The third-order valence-electron chi connectivity index (χ3n) is 2.72. The van der Waals surface area contributed by atoms with Crippen molar-refractivity contribution in [3.63, 3.8) is 0 Å². The molecule has 2 aromatic rings. The van der Waals surface area contributed by atoms with E-state index < -0.39 is 4.92 Å². The van der Waals surface area contributed by atoms with E-state index in [2.05, 4.69) is 20.3 Å². The molecule has 0 fully saturated rings. The number of methoxy groups -OCH3 is 1. The van der Waals surface area contributed by atoms with Gasteiger partial charge >= 0.3 is 5.69 Å². The molecular weight excluding hydrogens is 274 g/mol. The number of aromatic nitrogens is 3. The Hall–Kier alpha value is -2.77. The monoisotopic (exact) mass is 289 g/mol. The van der Waals surface area contributed by atoms with Gasteiger partial charge in [0.15, 0.2) is 5.69 Å². The maximum absolute atomic E-state index is 11.1. The number of rotatable bonds is 6. The van der Waals surface area contributed by atoms with E-state index in [-0.39, 0.29) is 11.4 Å². The molecule has 0 bridgehead atoms. The van der Waals surface area contributed by atoms with Crippen LogP contribution in [0.2, 0.25) is 0 Å². The van der Waals surface area contributed by atoms with Gasteiger partial charge in [-0.15, -0.1) is 0 Å². The molecule has 0 amide bonds. The number of anilines is 1. The first-order chi connectivity index (χ1) is 10.2. The minimum Gasteiger partial charge on any atom is -0.495 e. The first-order valence-electron chi connectivity index (χ1n) is 6.40. The lowest BCUT2D eigenvalue weighted by Gasteiger charge is -2.07. The first-order valence-corrected chi connectivity index (χ1v) is 6.40. The Kier molecular flexibility index (Phi) is 4.60. The molecule has 2 aromatic heterocycles. The predicted octanol–water partition coefficient (Wildman–Crippen LogP) is 2.28. The van der Waals surface area contributed by atoms with Crippen molar-refractivity contribution in [1.29, 1.82) is 0 Å². The molecule has 0 saturated heterocycles. The van der Waals surface area contributed by atoms with Crippen LogP contribution in [0.4, 0.5) is 11.6 Å². The fraction of sp³-hybridized carbons (Fsp3) is 0.308. The summed E-state index contributed by atoms with van der Waals surface area (Å²) in [5.74, 6) is 0.851. The van der Waals surface area contributed by atoms with Gasteiger partial charge in [-0.2, -0.15) is 0 Å². The van der Waals surface area contributed by atoms with Crippen LogP contribution >= 0.6 is 0 Å². The van der Waals surface area contributed by atoms with Crippen LogP contribution in [0.15, 0.2) is 24.7 Å². The Morgan fingerprint density at radius 2 is 2.19 bits per heavy atom. The maximum atomic E-state index is 11.1. The molecule has 8 heteroatoms. The van der Waals surface area contributed by atoms with Crippen molar-refractivity contribution in [3.05, 3.63) is 34.8 Å². The van der Waals surface area contributed by atoms with E-state index in [9.17, 15) is 10.1 Å². The van der Waals surface area contributed by atoms with E-state index in [1.807, 2.05) is 6.92 Å². The lowest BCUT2D eigenvalue weighted by molar-refractivity contribution is -0.384. The van der Waals surface area contributed by atoms with Crippen molar-refractivity contribution in [3.8, 4) is 17.0 Å². The number of pyridine rings is 1. The molecule has 0 saturated carbocycles. The van der Waals surface area contributed by atoms with Gasteiger partial charge in [0.1, 0.15) is 11.9 Å². The lowest BCUT2D eigenvalue weighted by atomic mass is 10.2. The van der Waals surface area contributed by atoms with Gasteiger partial charge in [0, 0.05) is 18.3 Å². The molecular formula is C13H15N5O3. The van der Waals surface area contributed by atoms with E-state index in [0.29, 0.717) is 23.8 Å². The number of nitro groups is 1. The fourth-order valence-corrected chi connectivity index (χ4v) is 1.70. The Balaban J connectivity index is 2.49. The van der Waals surface area contributed by atoms with Crippen LogP contribution in [-0.2, 0) is 0 Å². The van der Waals surface area contributed by atoms with Gasteiger partial charge in [-0.1, -0.05) is 6.92 Å². The van der Waals surface area contributed by atoms with Crippen LogP contribution in [-0.4, -0.2) is 33.5 Å². The summed E-state index contributed by atoms with van der Waals surface area (Å²) >= 11 is 0. The van der Waals surface area contributed by atoms with Gasteiger partial charge in [0.05, 0.1) is 18.2 Å². The topological polar surface area (TPSA) is 103 Å². The van der Waals surface area contributed by atoms with Crippen molar-refractivity contribution in [2.75, 3.05) is 19.0 Å². The van der Waals surface area contributed by atoms with E-state index in [1.54, 1.807) is 6.07 Å². The van der Waals surface area contributed by atoms with Crippen molar-refractivity contribution < 1.29 is 9.66 Å². The van der Waals surface area contributed by atoms with Crippen molar-refractivity contribution in [1.82, 2.24) is 15.0 Å². The Morgan fingerprint density at radius 1 is 1.38 bits per heavy atom. The van der Waals surface area contributed by atoms with Gasteiger partial charge in [-0.3, -0.25) is 15.1 Å². The summed E-state index contributed by atoms with van der Waals surface area (Å²) in [4.78, 5) is 22.8. The molecule has 0 aromatic carbocycles. The summed E-state index contributed by atoms with van der Waals surface area (Å²) in [7, 11) is 1.50. The van der Waals surface area contributed by atoms with Crippen LogP contribution in [0.25, 0.3) is 11.3 Å². The second kappa shape index (κ2) is 6.60. The predicted molar refractivity (Wildman–Crippen MR) is 77.3 cm³/mol. The number of nitrogens with one attached hydrogen (secondary N) is 1. The summed E-state index contributed by atoms with van der Waals surface area (Å²) in [6.45, 7) is 2.69. The highest BCUT2D eigenvalue weighted by atomic mass is 16.6. The summed E-state index contributed by atoms with van der Waals surface area (Å²) < 4.78 is 5.08. The Bertz CT molecular complexity index is 647. The SMILES string of the molecule is CCCNc1ncc([N+](=O)[O-])c(-c2cncc(OC)c2)n1. The van der Waals surface area contributed by atoms with Crippen LogP contribution < -0.4 is 10.1 Å². The zero-order valence-electron chi connectivity index (χ0n) is 11.7. The zero-order valence-corrected chi connectivity index (χ0v) is 11.7. The van der Waals surface area contributed by atoms with Gasteiger partial charge in [-0.25, -0.2) is 9.97 Å². The van der Waals surface area contributed by atoms with Gasteiger partial charge in [0.25, 0.3) is 0 Å². The van der Waals surface area contributed by atoms with E-state index in [1.165, 1.54) is 25.7 Å². The molecule has 0 radical (unpaired) electrons. The molecule has 0 aliphatic carbocycles. The molecule has 0 aliphatic rings. The molecule has 0 aliphatic heterocycles. The van der Waals surface area contributed by atoms with E-state index in [0.717, 1.165) is 6.42 Å². The molecule has 2 rings (SSSR count). The van der Waals surface area contributed by atoms with Crippen molar-refractivity contribution in [2.45, 2.75) is 13.3 Å². The molecule has 21 heavy (non-hydrogen) atoms. The minimum atomic E-state index is -0.515. The number of ether oxygens (including phenoxy) is 1. The van der Waals surface area contributed by atoms with Gasteiger partial charge < -0.3 is 10.1 Å². The van der Waals surface area contributed by atoms with Gasteiger partial charge in [-0.05, 0) is 12.5 Å². The Morgan fingerprint density at radius 3 is 2.86 bits per heavy atom. The largest absolute Gasteiger partial charge is 0.495 e. The van der Waals surface area contributed by atoms with Crippen molar-refractivity contribution >= 4 is 11.6 Å². The highest BCUT2D eigenvalue weighted by Gasteiger charge is 2.19.